The van der Waals surface area contributed by atoms with Gasteiger partial charge in [0.2, 0.25) is 0 Å². The van der Waals surface area contributed by atoms with Gasteiger partial charge in [0.25, 0.3) is 0 Å². The topological polar surface area (TPSA) is 3.24 Å². The highest BCUT2D eigenvalue weighted by Gasteiger charge is 2.04. The van der Waals surface area contributed by atoms with Gasteiger partial charge >= 0.3 is 0 Å². The van der Waals surface area contributed by atoms with Crippen molar-refractivity contribution in [3.8, 4) is 11.1 Å². The molecule has 2 aromatic carbocycles. The normalized spacial score (nSPS) is 12.0. The number of halogens is 1. The van der Waals surface area contributed by atoms with Gasteiger partial charge in [0.05, 0.1) is 0 Å². The van der Waals surface area contributed by atoms with E-state index in [0.717, 1.165) is 17.7 Å². The molecular weight excluding hydrogens is 345 g/mol. The third-order valence-corrected chi connectivity index (χ3v) is 5.33. The SMILES string of the molecule is CCCCCN(CC=C(C)c1ccc(-c2ccc(F)cc2)cc1)CCCCC. The average Bonchev–Trinajstić information content (AvgIpc) is 2.72. The molecule has 0 aliphatic heterocycles. The molecule has 0 atom stereocenters. The summed E-state index contributed by atoms with van der Waals surface area (Å²) < 4.78 is 13.1. The van der Waals surface area contributed by atoms with Crippen molar-refractivity contribution in [1.82, 2.24) is 4.90 Å². The maximum Gasteiger partial charge on any atom is 0.123 e. The quantitative estimate of drug-likeness (QED) is 0.342. The predicted octanol–water partition coefficient (Wildman–Crippen LogP) is 7.58. The molecule has 0 aliphatic rings. The van der Waals surface area contributed by atoms with Gasteiger partial charge in [-0.15, -0.1) is 0 Å². The molecule has 0 radical (unpaired) electrons. The lowest BCUT2D eigenvalue weighted by molar-refractivity contribution is 0.288. The number of rotatable bonds is 12. The van der Waals surface area contributed by atoms with Crippen LogP contribution < -0.4 is 0 Å². The summed E-state index contributed by atoms with van der Waals surface area (Å²) in [6.07, 6.45) is 10.1. The van der Waals surface area contributed by atoms with Gasteiger partial charge in [-0.05, 0) is 67.3 Å². The molecule has 0 bridgehead atoms. The van der Waals surface area contributed by atoms with Crippen LogP contribution >= 0.6 is 0 Å². The van der Waals surface area contributed by atoms with Gasteiger partial charge in [0.15, 0.2) is 0 Å². The van der Waals surface area contributed by atoms with Crippen LogP contribution in [-0.2, 0) is 0 Å². The maximum absolute atomic E-state index is 13.1. The van der Waals surface area contributed by atoms with Crippen LogP contribution in [0.15, 0.2) is 54.6 Å². The van der Waals surface area contributed by atoms with Gasteiger partial charge in [-0.2, -0.15) is 0 Å². The monoisotopic (exact) mass is 381 g/mol. The number of allylic oxidation sites excluding steroid dienone is 1. The molecule has 2 heteroatoms. The predicted molar refractivity (Wildman–Crippen MR) is 121 cm³/mol. The number of benzene rings is 2. The summed E-state index contributed by atoms with van der Waals surface area (Å²) in [5, 5.41) is 0. The summed E-state index contributed by atoms with van der Waals surface area (Å²) in [6, 6.07) is 15.3. The lowest BCUT2D eigenvalue weighted by Crippen LogP contribution is -2.26. The standard InChI is InChI=1S/C26H36FN/c1-4-6-8-19-28(20-9-7-5-2)21-18-22(3)23-10-12-24(13-11-23)25-14-16-26(27)17-15-25/h10-18H,4-9,19-21H2,1-3H3. The first-order valence-corrected chi connectivity index (χ1v) is 10.9. The molecule has 0 spiro atoms. The molecule has 2 aromatic rings. The van der Waals surface area contributed by atoms with Crippen LogP contribution in [0.3, 0.4) is 0 Å². The zero-order valence-corrected chi connectivity index (χ0v) is 17.9. The largest absolute Gasteiger partial charge is 0.300 e. The van der Waals surface area contributed by atoms with Crippen molar-refractivity contribution in [2.24, 2.45) is 0 Å². The molecule has 0 heterocycles. The summed E-state index contributed by atoms with van der Waals surface area (Å²) in [6.45, 7) is 10.2. The minimum Gasteiger partial charge on any atom is -0.300 e. The van der Waals surface area contributed by atoms with Crippen molar-refractivity contribution >= 4 is 5.57 Å². The van der Waals surface area contributed by atoms with E-state index in [-0.39, 0.29) is 5.82 Å². The molecule has 28 heavy (non-hydrogen) atoms. The molecule has 0 aliphatic carbocycles. The Morgan fingerprint density at radius 3 is 1.79 bits per heavy atom. The van der Waals surface area contributed by atoms with E-state index in [1.54, 1.807) is 0 Å². The third-order valence-electron chi connectivity index (χ3n) is 5.33. The second-order valence-corrected chi connectivity index (χ2v) is 7.69. The van der Waals surface area contributed by atoms with Crippen molar-refractivity contribution < 1.29 is 4.39 Å². The highest BCUT2D eigenvalue weighted by molar-refractivity contribution is 5.69. The highest BCUT2D eigenvalue weighted by atomic mass is 19.1. The molecule has 0 unspecified atom stereocenters. The highest BCUT2D eigenvalue weighted by Crippen LogP contribution is 2.23. The lowest BCUT2D eigenvalue weighted by Gasteiger charge is -2.21. The van der Waals surface area contributed by atoms with Gasteiger partial charge in [-0.3, -0.25) is 4.90 Å². The summed E-state index contributed by atoms with van der Waals surface area (Å²) in [5.41, 5.74) is 4.75. The van der Waals surface area contributed by atoms with Crippen LogP contribution in [0.5, 0.6) is 0 Å². The van der Waals surface area contributed by atoms with Crippen molar-refractivity contribution in [3.05, 3.63) is 66.0 Å². The minimum atomic E-state index is -0.193. The first kappa shape index (κ1) is 22.4. The van der Waals surface area contributed by atoms with E-state index in [2.05, 4.69) is 56.0 Å². The van der Waals surface area contributed by atoms with Gasteiger partial charge in [0, 0.05) is 6.54 Å². The Morgan fingerprint density at radius 1 is 0.786 bits per heavy atom. The lowest BCUT2D eigenvalue weighted by atomic mass is 10.0. The van der Waals surface area contributed by atoms with Gasteiger partial charge in [0.1, 0.15) is 5.82 Å². The van der Waals surface area contributed by atoms with Crippen LogP contribution in [0, 0.1) is 5.82 Å². The molecule has 0 amide bonds. The molecule has 152 valence electrons. The van der Waals surface area contributed by atoms with E-state index in [1.807, 2.05) is 12.1 Å². The van der Waals surface area contributed by atoms with Crippen LogP contribution in [0.25, 0.3) is 16.7 Å². The van der Waals surface area contributed by atoms with Crippen LogP contribution in [-0.4, -0.2) is 24.5 Å². The van der Waals surface area contributed by atoms with Crippen molar-refractivity contribution in [1.29, 1.82) is 0 Å². The van der Waals surface area contributed by atoms with Gasteiger partial charge in [-0.25, -0.2) is 4.39 Å². The smallest absolute Gasteiger partial charge is 0.123 e. The fourth-order valence-corrected chi connectivity index (χ4v) is 3.42. The van der Waals surface area contributed by atoms with Crippen LogP contribution in [0.4, 0.5) is 4.39 Å². The number of unbranched alkanes of at least 4 members (excludes halogenated alkanes) is 4. The minimum absolute atomic E-state index is 0.193. The van der Waals surface area contributed by atoms with E-state index in [9.17, 15) is 4.39 Å². The zero-order valence-electron chi connectivity index (χ0n) is 17.9. The van der Waals surface area contributed by atoms with E-state index in [1.165, 1.54) is 74.9 Å². The fourth-order valence-electron chi connectivity index (χ4n) is 3.42. The Kier molecular flexibility index (Phi) is 9.99. The summed E-state index contributed by atoms with van der Waals surface area (Å²) in [4.78, 5) is 2.60. The second-order valence-electron chi connectivity index (χ2n) is 7.69. The molecule has 0 aromatic heterocycles. The first-order valence-electron chi connectivity index (χ1n) is 10.9. The van der Waals surface area contributed by atoms with Crippen LogP contribution in [0.2, 0.25) is 0 Å². The molecule has 2 rings (SSSR count). The number of hydrogen-bond acceptors (Lipinski definition) is 1. The Morgan fingerprint density at radius 2 is 1.29 bits per heavy atom. The molecular formula is C26H36FN. The summed E-state index contributed by atoms with van der Waals surface area (Å²) in [7, 11) is 0. The maximum atomic E-state index is 13.1. The Hall–Kier alpha value is -1.93. The van der Waals surface area contributed by atoms with E-state index >= 15 is 0 Å². The molecule has 0 N–H and O–H groups in total. The Balaban J connectivity index is 1.98. The first-order chi connectivity index (χ1) is 13.6. The van der Waals surface area contributed by atoms with Gasteiger partial charge < -0.3 is 0 Å². The zero-order chi connectivity index (χ0) is 20.2. The van der Waals surface area contributed by atoms with Crippen LogP contribution in [0.1, 0.15) is 64.9 Å². The second kappa shape index (κ2) is 12.5. The fraction of sp³-hybridized carbons (Fsp3) is 0.462. The van der Waals surface area contributed by atoms with Gasteiger partial charge in [-0.1, -0.05) is 82.0 Å². The molecule has 0 saturated carbocycles. The Bertz CT molecular complexity index is 690. The summed E-state index contributed by atoms with van der Waals surface area (Å²) >= 11 is 0. The van der Waals surface area contributed by atoms with E-state index in [0.29, 0.717) is 0 Å². The van der Waals surface area contributed by atoms with Crippen molar-refractivity contribution in [3.63, 3.8) is 0 Å². The number of hydrogen-bond donors (Lipinski definition) is 0. The van der Waals surface area contributed by atoms with Crippen molar-refractivity contribution in [2.45, 2.75) is 59.3 Å². The molecule has 0 saturated heterocycles. The summed E-state index contributed by atoms with van der Waals surface area (Å²) in [5.74, 6) is -0.193. The third kappa shape index (κ3) is 7.59. The van der Waals surface area contributed by atoms with E-state index < -0.39 is 0 Å². The van der Waals surface area contributed by atoms with Crippen molar-refractivity contribution in [2.75, 3.05) is 19.6 Å². The van der Waals surface area contributed by atoms with E-state index in [4.69, 9.17) is 0 Å². The molecule has 0 fully saturated rings. The average molecular weight is 382 g/mol. The number of nitrogens with zero attached hydrogens (tertiary/aromatic N) is 1. The molecule has 1 nitrogen and oxygen atoms in total. The Labute approximate surface area is 171 Å².